The van der Waals surface area contributed by atoms with Crippen LogP contribution in [0.4, 0.5) is 0 Å². The number of aldehydes is 2. The lowest BCUT2D eigenvalue weighted by atomic mass is 9.98. The first-order valence-electron chi connectivity index (χ1n) is 3.89. The normalized spacial score (nSPS) is 12.2. The molecule has 1 aromatic rings. The molecule has 0 radical (unpaired) electrons. The second-order valence-electron chi connectivity index (χ2n) is 2.79. The second-order valence-corrected chi connectivity index (χ2v) is 3.95. The maximum atomic E-state index is 10.7. The van der Waals surface area contributed by atoms with Crippen molar-refractivity contribution in [1.82, 2.24) is 0 Å². The van der Waals surface area contributed by atoms with Crippen molar-refractivity contribution in [2.24, 2.45) is 0 Å². The van der Waals surface area contributed by atoms with Gasteiger partial charge in [0, 0.05) is 15.1 Å². The summed E-state index contributed by atoms with van der Waals surface area (Å²) < 4.78 is 0.960. The molecular formula is C10H9IO2. The van der Waals surface area contributed by atoms with Gasteiger partial charge in [-0.2, -0.15) is 0 Å². The number of carbonyl (C=O) groups excluding carboxylic acids is 2. The van der Waals surface area contributed by atoms with E-state index in [1.807, 2.05) is 12.1 Å². The summed E-state index contributed by atoms with van der Waals surface area (Å²) in [5, 5.41) is 0. The molecule has 0 aliphatic rings. The molecule has 0 saturated carbocycles. The minimum Gasteiger partial charge on any atom is -0.303 e. The molecule has 0 fully saturated rings. The van der Waals surface area contributed by atoms with Gasteiger partial charge in [0.25, 0.3) is 0 Å². The van der Waals surface area contributed by atoms with E-state index in [0.29, 0.717) is 5.56 Å². The van der Waals surface area contributed by atoms with E-state index in [4.69, 9.17) is 0 Å². The summed E-state index contributed by atoms with van der Waals surface area (Å²) in [5.74, 6) is -0.215. The fourth-order valence-electron chi connectivity index (χ4n) is 1.20. The molecule has 1 rings (SSSR count). The third-order valence-corrected chi connectivity index (χ3v) is 2.81. The van der Waals surface area contributed by atoms with Crippen LogP contribution in [0.15, 0.2) is 18.2 Å². The zero-order chi connectivity index (χ0) is 9.84. The topological polar surface area (TPSA) is 34.1 Å². The van der Waals surface area contributed by atoms with Crippen molar-refractivity contribution in [2.75, 3.05) is 0 Å². The number of benzene rings is 1. The van der Waals surface area contributed by atoms with Crippen LogP contribution in [0.25, 0.3) is 0 Å². The van der Waals surface area contributed by atoms with Crippen LogP contribution in [0.5, 0.6) is 0 Å². The third-order valence-electron chi connectivity index (χ3n) is 1.87. The van der Waals surface area contributed by atoms with Crippen LogP contribution < -0.4 is 0 Å². The van der Waals surface area contributed by atoms with Crippen molar-refractivity contribution in [3.05, 3.63) is 32.9 Å². The molecule has 0 bridgehead atoms. The lowest BCUT2D eigenvalue weighted by molar-refractivity contribution is -0.108. The molecule has 0 aliphatic heterocycles. The average Bonchev–Trinajstić information content (AvgIpc) is 2.16. The zero-order valence-electron chi connectivity index (χ0n) is 7.16. The summed E-state index contributed by atoms with van der Waals surface area (Å²) in [6.07, 6.45) is 1.64. The first kappa shape index (κ1) is 10.4. The van der Waals surface area contributed by atoms with Gasteiger partial charge < -0.3 is 4.79 Å². The Labute approximate surface area is 90.5 Å². The fourth-order valence-corrected chi connectivity index (χ4v) is 2.22. The smallest absolute Gasteiger partial charge is 0.150 e. The Hall–Kier alpha value is -0.710. The summed E-state index contributed by atoms with van der Waals surface area (Å²) in [6.45, 7) is 1.79. The molecule has 68 valence electrons. The highest BCUT2D eigenvalue weighted by Crippen LogP contribution is 2.23. The van der Waals surface area contributed by atoms with E-state index in [9.17, 15) is 9.59 Å². The van der Waals surface area contributed by atoms with Crippen molar-refractivity contribution in [3.8, 4) is 0 Å². The van der Waals surface area contributed by atoms with Gasteiger partial charge in [-0.15, -0.1) is 0 Å². The molecule has 1 unspecified atom stereocenters. The van der Waals surface area contributed by atoms with E-state index in [0.717, 1.165) is 21.7 Å². The fraction of sp³-hybridized carbons (Fsp3) is 0.200. The van der Waals surface area contributed by atoms with Gasteiger partial charge in [0.2, 0.25) is 0 Å². The number of carbonyl (C=O) groups is 2. The first-order chi connectivity index (χ1) is 6.20. The minimum absolute atomic E-state index is 0.215. The van der Waals surface area contributed by atoms with Gasteiger partial charge in [0.1, 0.15) is 12.6 Å². The molecule has 0 aliphatic carbocycles. The van der Waals surface area contributed by atoms with Crippen LogP contribution in [0.1, 0.15) is 28.8 Å². The van der Waals surface area contributed by atoms with E-state index in [1.165, 1.54) is 0 Å². The Bertz CT molecular complexity index is 334. The zero-order valence-corrected chi connectivity index (χ0v) is 9.32. The highest BCUT2D eigenvalue weighted by molar-refractivity contribution is 14.1. The van der Waals surface area contributed by atoms with Gasteiger partial charge in [0.05, 0.1) is 0 Å². The third kappa shape index (κ3) is 2.15. The molecule has 1 atom stereocenters. The van der Waals surface area contributed by atoms with Crippen LogP contribution in [0.3, 0.4) is 0 Å². The van der Waals surface area contributed by atoms with E-state index < -0.39 is 0 Å². The summed E-state index contributed by atoms with van der Waals surface area (Å²) in [7, 11) is 0. The summed E-state index contributed by atoms with van der Waals surface area (Å²) in [5.41, 5.74) is 1.43. The predicted molar refractivity (Wildman–Crippen MR) is 59.0 cm³/mol. The van der Waals surface area contributed by atoms with Crippen LogP contribution in [-0.2, 0) is 4.79 Å². The maximum Gasteiger partial charge on any atom is 0.150 e. The van der Waals surface area contributed by atoms with Gasteiger partial charge in [-0.05, 0) is 34.2 Å². The van der Waals surface area contributed by atoms with E-state index in [1.54, 1.807) is 13.0 Å². The Balaban J connectivity index is 3.29. The van der Waals surface area contributed by atoms with Gasteiger partial charge in [-0.25, -0.2) is 0 Å². The standard InChI is InChI=1S/C10H9IO2/c1-7(5-12)10-8(6-13)3-2-4-9(10)11/h2-7H,1H3. The van der Waals surface area contributed by atoms with Crippen molar-refractivity contribution >= 4 is 35.2 Å². The quantitative estimate of drug-likeness (QED) is 0.632. The number of hydrogen-bond donors (Lipinski definition) is 0. The molecule has 1 aromatic carbocycles. The predicted octanol–water partition coefficient (Wildman–Crippen LogP) is 2.41. The lowest BCUT2D eigenvalue weighted by Gasteiger charge is -2.09. The molecular weight excluding hydrogens is 279 g/mol. The molecule has 2 nitrogen and oxygen atoms in total. The molecule has 0 saturated heterocycles. The Morgan fingerprint density at radius 1 is 1.38 bits per heavy atom. The van der Waals surface area contributed by atoms with Crippen molar-refractivity contribution in [2.45, 2.75) is 12.8 Å². The van der Waals surface area contributed by atoms with Crippen LogP contribution in [-0.4, -0.2) is 12.6 Å². The van der Waals surface area contributed by atoms with Crippen LogP contribution in [0.2, 0.25) is 0 Å². The lowest BCUT2D eigenvalue weighted by Crippen LogP contribution is -2.02. The Morgan fingerprint density at radius 3 is 2.62 bits per heavy atom. The van der Waals surface area contributed by atoms with E-state index in [-0.39, 0.29) is 5.92 Å². The Kier molecular flexibility index (Phi) is 3.59. The summed E-state index contributed by atoms with van der Waals surface area (Å²) >= 11 is 2.13. The number of halogens is 1. The van der Waals surface area contributed by atoms with Crippen molar-refractivity contribution in [3.63, 3.8) is 0 Å². The highest BCUT2D eigenvalue weighted by Gasteiger charge is 2.12. The molecule has 13 heavy (non-hydrogen) atoms. The van der Waals surface area contributed by atoms with E-state index in [2.05, 4.69) is 22.6 Å². The SMILES string of the molecule is CC(C=O)c1c(I)cccc1C=O. The molecule has 0 amide bonds. The Morgan fingerprint density at radius 2 is 2.08 bits per heavy atom. The molecule has 3 heteroatoms. The maximum absolute atomic E-state index is 10.7. The van der Waals surface area contributed by atoms with Gasteiger partial charge in [-0.1, -0.05) is 19.1 Å². The largest absolute Gasteiger partial charge is 0.303 e. The minimum atomic E-state index is -0.215. The average molecular weight is 288 g/mol. The summed E-state index contributed by atoms with van der Waals surface area (Å²) in [4.78, 5) is 21.3. The monoisotopic (exact) mass is 288 g/mol. The molecule has 0 spiro atoms. The molecule has 0 N–H and O–H groups in total. The molecule has 0 heterocycles. The summed E-state index contributed by atoms with van der Waals surface area (Å²) in [6, 6.07) is 5.43. The number of hydrogen-bond acceptors (Lipinski definition) is 2. The van der Waals surface area contributed by atoms with Gasteiger partial charge >= 0.3 is 0 Å². The highest BCUT2D eigenvalue weighted by atomic mass is 127. The van der Waals surface area contributed by atoms with Gasteiger partial charge in [-0.3, -0.25) is 4.79 Å². The van der Waals surface area contributed by atoms with Crippen molar-refractivity contribution < 1.29 is 9.59 Å². The van der Waals surface area contributed by atoms with E-state index >= 15 is 0 Å². The number of rotatable bonds is 3. The van der Waals surface area contributed by atoms with Gasteiger partial charge in [0.15, 0.2) is 0 Å². The van der Waals surface area contributed by atoms with Crippen LogP contribution in [0, 0.1) is 3.57 Å². The molecule has 0 aromatic heterocycles. The van der Waals surface area contributed by atoms with Crippen LogP contribution >= 0.6 is 22.6 Å². The van der Waals surface area contributed by atoms with Crippen molar-refractivity contribution in [1.29, 1.82) is 0 Å². The first-order valence-corrected chi connectivity index (χ1v) is 4.97. The second kappa shape index (κ2) is 4.50.